The molecule has 262 valence electrons. The lowest BCUT2D eigenvalue weighted by Crippen LogP contribution is -2.48. The summed E-state index contributed by atoms with van der Waals surface area (Å²) in [7, 11) is 6.05. The molecule has 2 amide bonds. The number of methoxy groups -OCH3 is 4. The van der Waals surface area contributed by atoms with Gasteiger partial charge in [-0.1, -0.05) is 45.6 Å². The van der Waals surface area contributed by atoms with E-state index in [9.17, 15) is 19.2 Å². The lowest BCUT2D eigenvalue weighted by Gasteiger charge is -2.37. The molecular weight excluding hydrogens is 614 g/mol. The summed E-state index contributed by atoms with van der Waals surface area (Å²) in [4.78, 5) is 52.4. The van der Waals surface area contributed by atoms with Crippen LogP contribution in [0.5, 0.6) is 17.2 Å². The fourth-order valence-corrected chi connectivity index (χ4v) is 7.18. The molecule has 0 spiro atoms. The highest BCUT2D eigenvalue weighted by Crippen LogP contribution is 2.50. The second kappa shape index (κ2) is 16.2. The second-order valence-electron chi connectivity index (χ2n) is 13.1. The Labute approximate surface area is 283 Å². The molecule has 1 fully saturated rings. The summed E-state index contributed by atoms with van der Waals surface area (Å²) in [5, 5.41) is 9.43. The van der Waals surface area contributed by atoms with Crippen LogP contribution in [-0.4, -0.2) is 58.8 Å². The topological polar surface area (TPSA) is 141 Å². The van der Waals surface area contributed by atoms with E-state index < -0.39 is 12.1 Å². The van der Waals surface area contributed by atoms with Crippen LogP contribution in [0.4, 0.5) is 5.69 Å². The van der Waals surface area contributed by atoms with Gasteiger partial charge < -0.3 is 34.9 Å². The SMILES string of the molecule is CCC(C)C(Nc1ccc2c(cc1=O)C(NC(C)=O)CCc1cc(OC)c(OC)c(OC)c1-2)C(=O)NCC1(CC(=O)OC)CCCCC1. The number of aryl methyl sites for hydroxylation is 1. The number of ether oxygens (including phenoxy) is 4. The maximum atomic E-state index is 14.0. The Bertz CT molecular complexity index is 1550. The zero-order valence-corrected chi connectivity index (χ0v) is 29.4. The van der Waals surface area contributed by atoms with Crippen molar-refractivity contribution in [1.82, 2.24) is 10.6 Å². The van der Waals surface area contributed by atoms with Crippen LogP contribution in [0, 0.1) is 11.3 Å². The zero-order chi connectivity index (χ0) is 35.0. The number of hydrogen-bond acceptors (Lipinski definition) is 9. The molecule has 2 aromatic carbocycles. The summed E-state index contributed by atoms with van der Waals surface area (Å²) in [6, 6.07) is 5.83. The number of rotatable bonds is 13. The van der Waals surface area contributed by atoms with Crippen molar-refractivity contribution >= 4 is 23.5 Å². The molecule has 0 saturated heterocycles. The number of benzene rings is 1. The predicted octanol–water partition coefficient (Wildman–Crippen LogP) is 5.32. The Morgan fingerprint density at radius 2 is 1.69 bits per heavy atom. The third kappa shape index (κ3) is 8.05. The molecule has 0 heterocycles. The van der Waals surface area contributed by atoms with Crippen LogP contribution in [0.3, 0.4) is 0 Å². The monoisotopic (exact) mass is 665 g/mol. The number of nitrogens with one attached hydrogen (secondary N) is 3. The summed E-state index contributed by atoms with van der Waals surface area (Å²) in [5.74, 6) is 0.571. The Morgan fingerprint density at radius 1 is 0.979 bits per heavy atom. The first-order chi connectivity index (χ1) is 23.0. The molecule has 11 heteroatoms. The number of hydrogen-bond donors (Lipinski definition) is 3. The minimum absolute atomic E-state index is 0.111. The van der Waals surface area contributed by atoms with Gasteiger partial charge in [0, 0.05) is 19.0 Å². The van der Waals surface area contributed by atoms with Gasteiger partial charge in [-0.15, -0.1) is 0 Å². The van der Waals surface area contributed by atoms with Crippen LogP contribution in [-0.2, 0) is 25.5 Å². The highest BCUT2D eigenvalue weighted by Gasteiger charge is 2.37. The average molecular weight is 666 g/mol. The lowest BCUT2D eigenvalue weighted by molar-refractivity contribution is -0.144. The van der Waals surface area contributed by atoms with Gasteiger partial charge in [-0.05, 0) is 71.9 Å². The highest BCUT2D eigenvalue weighted by atomic mass is 16.5. The van der Waals surface area contributed by atoms with Crippen LogP contribution in [0.25, 0.3) is 11.1 Å². The van der Waals surface area contributed by atoms with Crippen molar-refractivity contribution < 1.29 is 33.3 Å². The van der Waals surface area contributed by atoms with Gasteiger partial charge in [-0.25, -0.2) is 0 Å². The molecule has 3 N–H and O–H groups in total. The van der Waals surface area contributed by atoms with E-state index in [1.165, 1.54) is 14.0 Å². The number of esters is 1. The number of fused-ring (bicyclic) bond motifs is 3. The van der Waals surface area contributed by atoms with Crippen LogP contribution >= 0.6 is 0 Å². The van der Waals surface area contributed by atoms with E-state index in [-0.39, 0.29) is 46.7 Å². The van der Waals surface area contributed by atoms with Crippen LogP contribution in [0.1, 0.15) is 89.3 Å². The molecule has 0 bridgehead atoms. The molecule has 0 aliphatic heterocycles. The molecular formula is C37H51N3O8. The number of carbonyl (C=O) groups is 3. The van der Waals surface area contributed by atoms with Crippen molar-refractivity contribution in [2.24, 2.45) is 11.3 Å². The van der Waals surface area contributed by atoms with Gasteiger partial charge in [0.15, 0.2) is 11.5 Å². The van der Waals surface area contributed by atoms with Gasteiger partial charge >= 0.3 is 5.97 Å². The van der Waals surface area contributed by atoms with Gasteiger partial charge in [-0.3, -0.25) is 19.2 Å². The molecule has 2 aromatic rings. The molecule has 0 radical (unpaired) electrons. The van der Waals surface area contributed by atoms with E-state index in [1.807, 2.05) is 26.0 Å². The van der Waals surface area contributed by atoms with Crippen molar-refractivity contribution in [3.8, 4) is 28.4 Å². The normalized spacial score (nSPS) is 17.7. The number of anilines is 1. The lowest BCUT2D eigenvalue weighted by atomic mass is 9.71. The summed E-state index contributed by atoms with van der Waals surface area (Å²) >= 11 is 0. The molecule has 48 heavy (non-hydrogen) atoms. The largest absolute Gasteiger partial charge is 0.493 e. The molecule has 0 aromatic heterocycles. The fraction of sp³-hybridized carbons (Fsp3) is 0.568. The summed E-state index contributed by atoms with van der Waals surface area (Å²) in [5.41, 5.74) is 2.61. The maximum Gasteiger partial charge on any atom is 0.306 e. The van der Waals surface area contributed by atoms with Crippen molar-refractivity contribution in [1.29, 1.82) is 0 Å². The predicted molar refractivity (Wildman–Crippen MR) is 185 cm³/mol. The molecule has 2 aliphatic rings. The van der Waals surface area contributed by atoms with E-state index in [2.05, 4.69) is 16.0 Å². The van der Waals surface area contributed by atoms with Crippen molar-refractivity contribution in [2.75, 3.05) is 40.3 Å². The minimum atomic E-state index is -0.707. The standard InChI is InChI=1S/C37H51N3O8/c1-8-22(2)33(36(44)38-21-37(20-31(43)46-5)16-10-9-11-17-37)40-28-15-13-25-26(19-29(28)42)27(39-23(3)41)14-12-24-18-30(45-4)34(47-6)35(48-7)32(24)25/h13,15,18-19,22,27,33H,8-12,14,16-17,20-21H2,1-7H3,(H,38,44)(H,39,41)(H,40,42). The summed E-state index contributed by atoms with van der Waals surface area (Å²) < 4.78 is 22.2. The van der Waals surface area contributed by atoms with Crippen LogP contribution in [0.15, 0.2) is 29.1 Å². The molecule has 2 aliphatic carbocycles. The van der Waals surface area contributed by atoms with Gasteiger partial charge in [0.2, 0.25) is 23.0 Å². The Hall–Kier alpha value is -4.28. The molecule has 3 unspecified atom stereocenters. The smallest absolute Gasteiger partial charge is 0.306 e. The van der Waals surface area contributed by atoms with E-state index in [0.29, 0.717) is 54.2 Å². The Morgan fingerprint density at radius 3 is 2.29 bits per heavy atom. The van der Waals surface area contributed by atoms with E-state index >= 15 is 0 Å². The Balaban J connectivity index is 1.76. The van der Waals surface area contributed by atoms with Crippen molar-refractivity contribution in [3.05, 3.63) is 45.6 Å². The first-order valence-electron chi connectivity index (χ1n) is 16.9. The third-order valence-electron chi connectivity index (χ3n) is 10.0. The van der Waals surface area contributed by atoms with Crippen molar-refractivity contribution in [2.45, 2.75) is 90.6 Å². The van der Waals surface area contributed by atoms with E-state index in [0.717, 1.165) is 43.2 Å². The first kappa shape index (κ1) is 36.6. The van der Waals surface area contributed by atoms with E-state index in [4.69, 9.17) is 18.9 Å². The third-order valence-corrected chi connectivity index (χ3v) is 10.0. The fourth-order valence-electron chi connectivity index (χ4n) is 7.18. The summed E-state index contributed by atoms with van der Waals surface area (Å²) in [6.07, 6.45) is 6.85. The first-order valence-corrected chi connectivity index (χ1v) is 16.9. The second-order valence-corrected chi connectivity index (χ2v) is 13.1. The van der Waals surface area contributed by atoms with Gasteiger partial charge in [0.05, 0.1) is 46.6 Å². The Kier molecular flexibility index (Phi) is 12.3. The van der Waals surface area contributed by atoms with Crippen LogP contribution < -0.4 is 35.6 Å². The molecule has 4 rings (SSSR count). The summed E-state index contributed by atoms with van der Waals surface area (Å²) in [6.45, 7) is 5.78. The maximum absolute atomic E-state index is 14.0. The highest BCUT2D eigenvalue weighted by molar-refractivity contribution is 5.86. The van der Waals surface area contributed by atoms with Crippen molar-refractivity contribution in [3.63, 3.8) is 0 Å². The quantitative estimate of drug-likeness (QED) is 0.243. The molecule has 1 saturated carbocycles. The van der Waals surface area contributed by atoms with Gasteiger partial charge in [0.1, 0.15) is 6.04 Å². The zero-order valence-electron chi connectivity index (χ0n) is 29.4. The van der Waals surface area contributed by atoms with Gasteiger partial charge in [-0.2, -0.15) is 0 Å². The van der Waals surface area contributed by atoms with Gasteiger partial charge in [0.25, 0.3) is 0 Å². The average Bonchev–Trinajstić information content (AvgIpc) is 3.33. The minimum Gasteiger partial charge on any atom is -0.493 e. The number of amides is 2. The van der Waals surface area contributed by atoms with Crippen LogP contribution in [0.2, 0.25) is 0 Å². The molecule has 3 atom stereocenters. The number of carbonyl (C=O) groups excluding carboxylic acids is 3. The molecule has 11 nitrogen and oxygen atoms in total. The van der Waals surface area contributed by atoms with E-state index in [1.54, 1.807) is 33.5 Å².